The monoisotopic (exact) mass is 292 g/mol. The van der Waals surface area contributed by atoms with E-state index >= 15 is 0 Å². The van der Waals surface area contributed by atoms with Crippen molar-refractivity contribution in [1.82, 2.24) is 9.78 Å². The SMILES string of the molecule is C=c1[nH]n(-c2ccccc2)c(=O)c1=Cc1ccccc1OC. The molecule has 1 N–H and O–H groups in total. The number of aromatic amines is 1. The first kappa shape index (κ1) is 13.9. The van der Waals surface area contributed by atoms with Gasteiger partial charge < -0.3 is 4.74 Å². The third-order valence-corrected chi connectivity index (χ3v) is 3.46. The highest BCUT2D eigenvalue weighted by Gasteiger charge is 2.05. The van der Waals surface area contributed by atoms with Gasteiger partial charge in [-0.15, -0.1) is 0 Å². The third kappa shape index (κ3) is 2.46. The summed E-state index contributed by atoms with van der Waals surface area (Å²) < 4.78 is 6.81. The molecule has 0 atom stereocenters. The molecule has 4 heteroatoms. The van der Waals surface area contributed by atoms with Gasteiger partial charge in [-0.3, -0.25) is 9.89 Å². The summed E-state index contributed by atoms with van der Waals surface area (Å²) in [6.45, 7) is 3.93. The number of ether oxygens (including phenoxy) is 1. The van der Waals surface area contributed by atoms with Gasteiger partial charge in [-0.05, 0) is 24.3 Å². The van der Waals surface area contributed by atoms with Crippen LogP contribution in [0.1, 0.15) is 5.56 Å². The minimum absolute atomic E-state index is 0.137. The highest BCUT2D eigenvalue weighted by atomic mass is 16.5. The smallest absolute Gasteiger partial charge is 0.279 e. The summed E-state index contributed by atoms with van der Waals surface area (Å²) in [6.07, 6.45) is 1.79. The minimum Gasteiger partial charge on any atom is -0.496 e. The first-order valence-corrected chi connectivity index (χ1v) is 6.91. The summed E-state index contributed by atoms with van der Waals surface area (Å²) in [5.74, 6) is 0.716. The topological polar surface area (TPSA) is 47.0 Å². The number of aromatic nitrogens is 2. The fourth-order valence-electron chi connectivity index (χ4n) is 2.34. The fourth-order valence-corrected chi connectivity index (χ4v) is 2.34. The average Bonchev–Trinajstić information content (AvgIpc) is 2.84. The number of H-pyrrole nitrogens is 1. The summed E-state index contributed by atoms with van der Waals surface area (Å²) >= 11 is 0. The number of methoxy groups -OCH3 is 1. The highest BCUT2D eigenvalue weighted by molar-refractivity contribution is 5.57. The molecule has 0 fully saturated rings. The van der Waals surface area contributed by atoms with E-state index in [2.05, 4.69) is 11.7 Å². The van der Waals surface area contributed by atoms with Crippen LogP contribution in [0.25, 0.3) is 18.3 Å². The van der Waals surface area contributed by atoms with E-state index < -0.39 is 0 Å². The standard InChI is InChI=1S/C18H16N2O2/c1-13-16(12-14-8-6-7-11-17(14)22-2)18(21)20(19-13)15-9-4-3-5-10-15/h3-12,19H,1H2,2H3. The second-order valence-corrected chi connectivity index (χ2v) is 4.87. The lowest BCUT2D eigenvalue weighted by atomic mass is 10.1. The summed E-state index contributed by atoms with van der Waals surface area (Å²) in [7, 11) is 1.61. The summed E-state index contributed by atoms with van der Waals surface area (Å²) in [5, 5.41) is 4.10. The molecule has 0 saturated heterocycles. The Labute approximate surface area is 127 Å². The Kier molecular flexibility index (Phi) is 3.66. The van der Waals surface area contributed by atoms with E-state index in [-0.39, 0.29) is 5.56 Å². The predicted octanol–water partition coefficient (Wildman–Crippen LogP) is 1.41. The fraction of sp³-hybridized carbons (Fsp3) is 0.0556. The van der Waals surface area contributed by atoms with Crippen LogP contribution < -0.4 is 20.9 Å². The first-order chi connectivity index (χ1) is 10.7. The van der Waals surface area contributed by atoms with Crippen molar-refractivity contribution >= 4 is 12.7 Å². The number of hydrogen-bond acceptors (Lipinski definition) is 2. The maximum Gasteiger partial charge on any atom is 0.279 e. The van der Waals surface area contributed by atoms with E-state index in [4.69, 9.17) is 4.74 Å². The summed E-state index contributed by atoms with van der Waals surface area (Å²) in [6, 6.07) is 17.0. The van der Waals surface area contributed by atoms with Crippen LogP contribution in [0, 0.1) is 0 Å². The van der Waals surface area contributed by atoms with Gasteiger partial charge in [-0.2, -0.15) is 0 Å². The number of nitrogens with zero attached hydrogens (tertiary/aromatic N) is 1. The lowest BCUT2D eigenvalue weighted by Gasteiger charge is -2.02. The Balaban J connectivity index is 2.22. The Hall–Kier alpha value is -3.01. The van der Waals surface area contributed by atoms with E-state index in [1.54, 1.807) is 13.2 Å². The molecule has 1 heterocycles. The molecular formula is C18H16N2O2. The average molecular weight is 292 g/mol. The van der Waals surface area contributed by atoms with Gasteiger partial charge in [-0.1, -0.05) is 43.0 Å². The molecule has 4 nitrogen and oxygen atoms in total. The molecule has 0 amide bonds. The zero-order valence-electron chi connectivity index (χ0n) is 12.2. The van der Waals surface area contributed by atoms with E-state index in [1.807, 2.05) is 54.6 Å². The van der Waals surface area contributed by atoms with Crippen LogP contribution in [0.5, 0.6) is 5.75 Å². The molecule has 0 aliphatic heterocycles. The number of benzene rings is 2. The molecule has 0 spiro atoms. The van der Waals surface area contributed by atoms with E-state index in [0.717, 1.165) is 11.3 Å². The van der Waals surface area contributed by atoms with Crippen LogP contribution in [-0.2, 0) is 0 Å². The van der Waals surface area contributed by atoms with Gasteiger partial charge in [0.1, 0.15) is 5.75 Å². The molecule has 2 aromatic carbocycles. The zero-order chi connectivity index (χ0) is 15.5. The van der Waals surface area contributed by atoms with Gasteiger partial charge in [-0.25, -0.2) is 4.68 Å². The molecule has 0 saturated carbocycles. The maximum atomic E-state index is 12.6. The number of para-hydroxylation sites is 2. The Bertz CT molecular complexity index is 953. The molecule has 3 rings (SSSR count). The molecule has 22 heavy (non-hydrogen) atoms. The molecule has 3 aromatic rings. The van der Waals surface area contributed by atoms with E-state index in [9.17, 15) is 4.79 Å². The van der Waals surface area contributed by atoms with E-state index in [1.165, 1.54) is 4.68 Å². The van der Waals surface area contributed by atoms with Crippen molar-refractivity contribution in [2.24, 2.45) is 0 Å². The van der Waals surface area contributed by atoms with Gasteiger partial charge in [0.2, 0.25) is 0 Å². The Morgan fingerprint density at radius 1 is 1.09 bits per heavy atom. The van der Waals surface area contributed by atoms with Crippen LogP contribution in [0.15, 0.2) is 59.4 Å². The summed E-state index contributed by atoms with van der Waals surface area (Å²) in [4.78, 5) is 12.6. The van der Waals surface area contributed by atoms with Gasteiger partial charge >= 0.3 is 0 Å². The van der Waals surface area contributed by atoms with Crippen molar-refractivity contribution in [3.05, 3.63) is 81.1 Å². The molecular weight excluding hydrogens is 276 g/mol. The zero-order valence-corrected chi connectivity index (χ0v) is 12.2. The third-order valence-electron chi connectivity index (χ3n) is 3.46. The number of nitrogens with one attached hydrogen (secondary N) is 1. The molecule has 0 bridgehead atoms. The number of hydrogen-bond donors (Lipinski definition) is 1. The van der Waals surface area contributed by atoms with Crippen LogP contribution in [0.3, 0.4) is 0 Å². The van der Waals surface area contributed by atoms with Crippen molar-refractivity contribution in [2.45, 2.75) is 0 Å². The first-order valence-electron chi connectivity index (χ1n) is 6.91. The van der Waals surface area contributed by atoms with Crippen LogP contribution in [-0.4, -0.2) is 16.9 Å². The van der Waals surface area contributed by atoms with E-state index in [0.29, 0.717) is 16.3 Å². The van der Waals surface area contributed by atoms with Crippen LogP contribution in [0.4, 0.5) is 0 Å². The molecule has 0 aliphatic carbocycles. The van der Waals surface area contributed by atoms with Crippen molar-refractivity contribution < 1.29 is 4.74 Å². The molecule has 0 unspecified atom stereocenters. The molecule has 0 radical (unpaired) electrons. The molecule has 0 aliphatic rings. The quantitative estimate of drug-likeness (QED) is 0.793. The second-order valence-electron chi connectivity index (χ2n) is 4.87. The second kappa shape index (κ2) is 5.77. The van der Waals surface area contributed by atoms with Crippen LogP contribution in [0.2, 0.25) is 0 Å². The van der Waals surface area contributed by atoms with Gasteiger partial charge in [0.05, 0.1) is 23.4 Å². The lowest BCUT2D eigenvalue weighted by molar-refractivity contribution is 0.414. The van der Waals surface area contributed by atoms with Crippen molar-refractivity contribution in [3.63, 3.8) is 0 Å². The lowest BCUT2D eigenvalue weighted by Crippen LogP contribution is -2.34. The van der Waals surface area contributed by atoms with Crippen molar-refractivity contribution in [3.8, 4) is 11.4 Å². The van der Waals surface area contributed by atoms with Crippen LogP contribution >= 0.6 is 0 Å². The molecule has 1 aromatic heterocycles. The van der Waals surface area contributed by atoms with Crippen molar-refractivity contribution in [2.75, 3.05) is 7.11 Å². The maximum absolute atomic E-state index is 12.6. The predicted molar refractivity (Wildman–Crippen MR) is 87.7 cm³/mol. The normalized spacial score (nSPS) is 11.6. The highest BCUT2D eigenvalue weighted by Crippen LogP contribution is 2.17. The molecule has 110 valence electrons. The van der Waals surface area contributed by atoms with Gasteiger partial charge in [0.15, 0.2) is 0 Å². The summed E-state index contributed by atoms with van der Waals surface area (Å²) in [5.41, 5.74) is 1.48. The minimum atomic E-state index is -0.137. The van der Waals surface area contributed by atoms with Gasteiger partial charge in [0.25, 0.3) is 5.56 Å². The Morgan fingerprint density at radius 3 is 2.50 bits per heavy atom. The van der Waals surface area contributed by atoms with Gasteiger partial charge in [0, 0.05) is 5.56 Å². The number of rotatable bonds is 3. The Morgan fingerprint density at radius 2 is 1.77 bits per heavy atom. The van der Waals surface area contributed by atoms with Crippen molar-refractivity contribution in [1.29, 1.82) is 0 Å². The largest absolute Gasteiger partial charge is 0.496 e.